The van der Waals surface area contributed by atoms with E-state index in [0.29, 0.717) is 28.0 Å². The summed E-state index contributed by atoms with van der Waals surface area (Å²) in [6.07, 6.45) is 0.642. The normalized spacial score (nSPS) is 15.1. The highest BCUT2D eigenvalue weighted by Gasteiger charge is 2.36. The minimum atomic E-state index is -0.723. The van der Waals surface area contributed by atoms with Crippen LogP contribution in [0, 0.1) is 6.92 Å². The highest BCUT2D eigenvalue weighted by molar-refractivity contribution is 6.31. The molecular weight excluding hydrogens is 423 g/mol. The van der Waals surface area contributed by atoms with Crippen molar-refractivity contribution in [3.8, 4) is 11.1 Å². The summed E-state index contributed by atoms with van der Waals surface area (Å²) < 4.78 is 1.61. The maximum absolute atomic E-state index is 12.6. The van der Waals surface area contributed by atoms with Gasteiger partial charge in [0.1, 0.15) is 11.9 Å². The van der Waals surface area contributed by atoms with E-state index in [-0.39, 0.29) is 18.2 Å². The van der Waals surface area contributed by atoms with Crippen molar-refractivity contribution in [3.05, 3.63) is 63.8 Å². The van der Waals surface area contributed by atoms with Crippen LogP contribution in [0.2, 0.25) is 10.0 Å². The fraction of sp³-hybridized carbons (Fsp3) is 0.227. The number of hydrogen-bond acceptors (Lipinski definition) is 3. The SMILES string of the molecule is CCc1nn2c(c1-c1cccc(Cl)c1)NC(=O)C2CC(=O)Nc1ccc(C)c(Cl)c1. The van der Waals surface area contributed by atoms with Gasteiger partial charge in [0.05, 0.1) is 12.1 Å². The Morgan fingerprint density at radius 3 is 2.73 bits per heavy atom. The molecule has 0 aliphatic carbocycles. The molecule has 1 aliphatic rings. The van der Waals surface area contributed by atoms with Gasteiger partial charge >= 0.3 is 0 Å². The molecule has 1 aromatic heterocycles. The van der Waals surface area contributed by atoms with E-state index in [9.17, 15) is 9.59 Å². The molecule has 2 amide bonds. The highest BCUT2D eigenvalue weighted by atomic mass is 35.5. The van der Waals surface area contributed by atoms with E-state index in [2.05, 4.69) is 15.7 Å². The van der Waals surface area contributed by atoms with Crippen LogP contribution in [0.1, 0.15) is 30.6 Å². The van der Waals surface area contributed by atoms with Gasteiger partial charge < -0.3 is 10.6 Å². The van der Waals surface area contributed by atoms with Crippen molar-refractivity contribution < 1.29 is 9.59 Å². The fourth-order valence-corrected chi connectivity index (χ4v) is 3.94. The Bertz CT molecular complexity index is 1160. The van der Waals surface area contributed by atoms with Crippen molar-refractivity contribution in [1.29, 1.82) is 0 Å². The van der Waals surface area contributed by atoms with E-state index in [1.165, 1.54) is 0 Å². The first kappa shape index (κ1) is 20.4. The number of amides is 2. The number of aromatic nitrogens is 2. The Morgan fingerprint density at radius 1 is 1.23 bits per heavy atom. The second kappa shape index (κ2) is 8.13. The lowest BCUT2D eigenvalue weighted by atomic mass is 10.0. The number of aryl methyl sites for hydroxylation is 2. The van der Waals surface area contributed by atoms with Crippen LogP contribution in [0.4, 0.5) is 11.5 Å². The second-order valence-electron chi connectivity index (χ2n) is 7.20. The number of halogens is 2. The van der Waals surface area contributed by atoms with Gasteiger partial charge in [-0.25, -0.2) is 4.68 Å². The first-order chi connectivity index (χ1) is 14.4. The molecule has 4 rings (SSSR count). The molecule has 0 radical (unpaired) electrons. The average Bonchev–Trinajstić information content (AvgIpc) is 3.20. The summed E-state index contributed by atoms with van der Waals surface area (Å²) in [5.41, 5.74) is 4.06. The van der Waals surface area contributed by atoms with E-state index in [4.69, 9.17) is 23.2 Å². The number of rotatable bonds is 5. The topological polar surface area (TPSA) is 76.0 Å². The van der Waals surface area contributed by atoms with E-state index < -0.39 is 6.04 Å². The Labute approximate surface area is 184 Å². The summed E-state index contributed by atoms with van der Waals surface area (Å²) in [7, 11) is 0. The lowest BCUT2D eigenvalue weighted by molar-refractivity contribution is -0.123. The molecule has 1 aliphatic heterocycles. The smallest absolute Gasteiger partial charge is 0.251 e. The molecule has 8 heteroatoms. The van der Waals surface area contributed by atoms with E-state index in [1.807, 2.05) is 38.1 Å². The zero-order valence-electron chi connectivity index (χ0n) is 16.5. The van der Waals surface area contributed by atoms with Gasteiger partial charge in [-0.05, 0) is 48.7 Å². The van der Waals surface area contributed by atoms with Gasteiger partial charge in [-0.1, -0.05) is 48.3 Å². The molecule has 30 heavy (non-hydrogen) atoms. The van der Waals surface area contributed by atoms with Gasteiger partial charge in [-0.2, -0.15) is 5.10 Å². The van der Waals surface area contributed by atoms with Crippen molar-refractivity contribution in [2.75, 3.05) is 10.6 Å². The summed E-state index contributed by atoms with van der Waals surface area (Å²) in [5, 5.41) is 11.5. The lowest BCUT2D eigenvalue weighted by Gasteiger charge is -2.11. The van der Waals surface area contributed by atoms with Crippen LogP contribution in [0.3, 0.4) is 0 Å². The summed E-state index contributed by atoms with van der Waals surface area (Å²) >= 11 is 12.3. The van der Waals surface area contributed by atoms with Crippen LogP contribution in [0.5, 0.6) is 0 Å². The molecule has 2 N–H and O–H groups in total. The van der Waals surface area contributed by atoms with Crippen LogP contribution < -0.4 is 10.6 Å². The van der Waals surface area contributed by atoms with Gasteiger partial charge in [-0.15, -0.1) is 0 Å². The average molecular weight is 443 g/mol. The third-order valence-electron chi connectivity index (χ3n) is 5.10. The van der Waals surface area contributed by atoms with Crippen molar-refractivity contribution in [2.24, 2.45) is 0 Å². The van der Waals surface area contributed by atoms with Crippen LogP contribution in [0.25, 0.3) is 11.1 Å². The Hall–Kier alpha value is -2.83. The standard InChI is InChI=1S/C22H20Cl2N4O2/c1-3-17-20(13-5-4-6-14(23)9-13)21-26-22(30)18(28(21)27-17)11-19(29)25-15-8-7-12(2)16(24)10-15/h4-10,18H,3,11H2,1-2H3,(H,25,29)(H,26,30). The molecule has 0 saturated heterocycles. The molecule has 1 unspecified atom stereocenters. The van der Waals surface area contributed by atoms with Crippen molar-refractivity contribution in [1.82, 2.24) is 9.78 Å². The van der Waals surface area contributed by atoms with E-state index in [0.717, 1.165) is 22.4 Å². The number of nitrogens with zero attached hydrogens (tertiary/aromatic N) is 2. The molecule has 3 aromatic rings. The maximum atomic E-state index is 12.6. The van der Waals surface area contributed by atoms with Crippen LogP contribution in [0.15, 0.2) is 42.5 Å². The van der Waals surface area contributed by atoms with Gasteiger partial charge in [0.2, 0.25) is 5.91 Å². The number of nitrogens with one attached hydrogen (secondary N) is 2. The minimum absolute atomic E-state index is 0.0376. The number of fused-ring (bicyclic) bond motifs is 1. The van der Waals surface area contributed by atoms with Gasteiger partial charge in [0.15, 0.2) is 0 Å². The summed E-state index contributed by atoms with van der Waals surface area (Å²) in [6, 6.07) is 12.0. The predicted molar refractivity (Wildman–Crippen MR) is 119 cm³/mol. The van der Waals surface area contributed by atoms with Gasteiger partial charge in [-0.3, -0.25) is 9.59 Å². The summed E-state index contributed by atoms with van der Waals surface area (Å²) in [6.45, 7) is 3.88. The second-order valence-corrected chi connectivity index (χ2v) is 8.04. The molecule has 2 aromatic carbocycles. The molecule has 2 heterocycles. The monoisotopic (exact) mass is 442 g/mol. The number of carbonyl (C=O) groups excluding carboxylic acids is 2. The molecule has 0 fully saturated rings. The van der Waals surface area contributed by atoms with E-state index in [1.54, 1.807) is 22.9 Å². The first-order valence-electron chi connectivity index (χ1n) is 9.61. The number of hydrogen-bond donors (Lipinski definition) is 2. The van der Waals surface area contributed by atoms with Crippen LogP contribution >= 0.6 is 23.2 Å². The maximum Gasteiger partial charge on any atom is 0.251 e. The van der Waals surface area contributed by atoms with Crippen molar-refractivity contribution in [3.63, 3.8) is 0 Å². The zero-order valence-corrected chi connectivity index (χ0v) is 18.0. The van der Waals surface area contributed by atoms with E-state index >= 15 is 0 Å². The summed E-state index contributed by atoms with van der Waals surface area (Å²) in [5.74, 6) is 0.0385. The lowest BCUT2D eigenvalue weighted by Crippen LogP contribution is -2.24. The molecule has 0 bridgehead atoms. The Morgan fingerprint density at radius 2 is 2.03 bits per heavy atom. The molecule has 154 valence electrons. The quantitative estimate of drug-likeness (QED) is 0.566. The Balaban J connectivity index is 1.61. The first-order valence-corrected chi connectivity index (χ1v) is 10.4. The molecule has 0 saturated carbocycles. The highest BCUT2D eigenvalue weighted by Crippen LogP contribution is 2.39. The fourth-order valence-electron chi connectivity index (χ4n) is 3.57. The molecule has 0 spiro atoms. The van der Waals surface area contributed by atoms with Crippen LogP contribution in [-0.2, 0) is 16.0 Å². The number of carbonyl (C=O) groups is 2. The molecular formula is C22H20Cl2N4O2. The number of anilines is 2. The third kappa shape index (κ3) is 3.80. The molecule has 6 nitrogen and oxygen atoms in total. The predicted octanol–water partition coefficient (Wildman–Crippen LogP) is 5.25. The van der Waals surface area contributed by atoms with Crippen molar-refractivity contribution in [2.45, 2.75) is 32.7 Å². The van der Waals surface area contributed by atoms with Gasteiger partial charge in [0.25, 0.3) is 5.91 Å². The largest absolute Gasteiger partial charge is 0.326 e. The zero-order chi connectivity index (χ0) is 21.4. The Kier molecular flexibility index (Phi) is 5.54. The minimum Gasteiger partial charge on any atom is -0.326 e. The number of benzene rings is 2. The van der Waals surface area contributed by atoms with Gasteiger partial charge in [0, 0.05) is 21.3 Å². The van der Waals surface area contributed by atoms with Crippen LogP contribution in [-0.4, -0.2) is 21.6 Å². The third-order valence-corrected chi connectivity index (χ3v) is 5.75. The van der Waals surface area contributed by atoms with Crippen molar-refractivity contribution >= 4 is 46.5 Å². The molecule has 1 atom stereocenters. The summed E-state index contributed by atoms with van der Waals surface area (Å²) in [4.78, 5) is 25.2.